The van der Waals surface area contributed by atoms with E-state index >= 15 is 0 Å². The van der Waals surface area contributed by atoms with Crippen LogP contribution in [0.1, 0.15) is 129 Å². The third kappa shape index (κ3) is 12.5. The van der Waals surface area contributed by atoms with Crippen LogP contribution in [0, 0.1) is 12.3 Å². The highest BCUT2D eigenvalue weighted by molar-refractivity contribution is 4.76. The fourth-order valence-electron chi connectivity index (χ4n) is 3.91. The van der Waals surface area contributed by atoms with Gasteiger partial charge < -0.3 is 0 Å². The molecule has 1 aliphatic carbocycles. The van der Waals surface area contributed by atoms with E-state index in [0.29, 0.717) is 0 Å². The SMILES string of the molecule is CCCCCCCCCCCCCCCCC1CC[CH]CC1. The van der Waals surface area contributed by atoms with Crippen LogP contribution in [0.15, 0.2) is 0 Å². The van der Waals surface area contributed by atoms with Crippen molar-refractivity contribution in [2.75, 3.05) is 0 Å². The molecule has 0 atom stereocenters. The van der Waals surface area contributed by atoms with Gasteiger partial charge in [-0.25, -0.2) is 0 Å². The van der Waals surface area contributed by atoms with E-state index < -0.39 is 0 Å². The Hall–Kier alpha value is 0. The van der Waals surface area contributed by atoms with E-state index in [1.807, 2.05) is 0 Å². The first-order chi connectivity index (χ1) is 10.9. The van der Waals surface area contributed by atoms with Gasteiger partial charge in [0.25, 0.3) is 0 Å². The predicted molar refractivity (Wildman–Crippen MR) is 101 cm³/mol. The van der Waals surface area contributed by atoms with Crippen LogP contribution in [0.25, 0.3) is 0 Å². The van der Waals surface area contributed by atoms with Gasteiger partial charge in [-0.15, -0.1) is 0 Å². The molecule has 0 N–H and O–H groups in total. The Morgan fingerprint density at radius 3 is 1.45 bits per heavy atom. The molecule has 22 heavy (non-hydrogen) atoms. The molecule has 0 amide bonds. The normalized spacial score (nSPS) is 16.2. The van der Waals surface area contributed by atoms with Gasteiger partial charge >= 0.3 is 0 Å². The molecular formula is C22H43. The smallest absolute Gasteiger partial charge is 0.0386 e. The Labute approximate surface area is 141 Å². The lowest BCUT2D eigenvalue weighted by Gasteiger charge is -2.20. The highest BCUT2D eigenvalue weighted by Crippen LogP contribution is 2.27. The van der Waals surface area contributed by atoms with Crippen LogP contribution in [0.3, 0.4) is 0 Å². The first kappa shape index (κ1) is 20.0. The number of hydrogen-bond acceptors (Lipinski definition) is 0. The minimum absolute atomic E-state index is 1.07. The van der Waals surface area contributed by atoms with Crippen molar-refractivity contribution >= 4 is 0 Å². The van der Waals surface area contributed by atoms with Gasteiger partial charge in [-0.05, 0) is 25.2 Å². The molecule has 0 heteroatoms. The van der Waals surface area contributed by atoms with Crippen LogP contribution in [-0.2, 0) is 0 Å². The minimum Gasteiger partial charge on any atom is -0.0654 e. The summed E-state index contributed by atoms with van der Waals surface area (Å²) in [7, 11) is 0. The molecule has 0 aromatic carbocycles. The number of rotatable bonds is 15. The molecule has 1 aliphatic rings. The summed E-state index contributed by atoms with van der Waals surface area (Å²) in [6.07, 6.45) is 30.5. The predicted octanol–water partition coefficient (Wildman–Crippen LogP) is 8.25. The summed E-state index contributed by atoms with van der Waals surface area (Å²) in [5, 5.41) is 0. The van der Waals surface area contributed by atoms with Crippen molar-refractivity contribution in [3.63, 3.8) is 0 Å². The highest BCUT2D eigenvalue weighted by atomic mass is 14.2. The van der Waals surface area contributed by atoms with Gasteiger partial charge in [0.05, 0.1) is 0 Å². The summed E-state index contributed by atoms with van der Waals surface area (Å²) in [5.41, 5.74) is 0. The third-order valence-corrected chi connectivity index (χ3v) is 5.52. The standard InChI is InChI=1S/C22H43/c1-2-3-4-5-6-7-8-9-10-11-12-13-14-16-19-22-20-17-15-18-21-22/h15,22H,2-14,16-21H2,1H3. The second-order valence-corrected chi connectivity index (χ2v) is 7.69. The Balaban J connectivity index is 1.68. The topological polar surface area (TPSA) is 0 Å². The van der Waals surface area contributed by atoms with Crippen molar-refractivity contribution in [2.24, 2.45) is 5.92 Å². The van der Waals surface area contributed by atoms with Gasteiger partial charge in [0.1, 0.15) is 0 Å². The summed E-state index contributed by atoms with van der Waals surface area (Å²) in [6, 6.07) is 0. The van der Waals surface area contributed by atoms with Crippen LogP contribution in [0.5, 0.6) is 0 Å². The van der Waals surface area contributed by atoms with Crippen molar-refractivity contribution in [1.82, 2.24) is 0 Å². The summed E-state index contributed by atoms with van der Waals surface area (Å²) in [5.74, 6) is 1.07. The Morgan fingerprint density at radius 1 is 0.591 bits per heavy atom. The molecule has 0 bridgehead atoms. The second kappa shape index (κ2) is 15.9. The molecule has 0 aromatic heterocycles. The summed E-state index contributed by atoms with van der Waals surface area (Å²) in [4.78, 5) is 0. The summed E-state index contributed by atoms with van der Waals surface area (Å²) >= 11 is 0. The molecule has 0 aliphatic heterocycles. The van der Waals surface area contributed by atoms with E-state index in [1.165, 1.54) is 122 Å². The molecule has 1 radical (unpaired) electrons. The van der Waals surface area contributed by atoms with Crippen LogP contribution >= 0.6 is 0 Å². The minimum atomic E-state index is 1.07. The largest absolute Gasteiger partial charge is 0.0654 e. The van der Waals surface area contributed by atoms with Gasteiger partial charge in [-0.2, -0.15) is 0 Å². The van der Waals surface area contributed by atoms with Gasteiger partial charge in [-0.1, -0.05) is 116 Å². The third-order valence-electron chi connectivity index (χ3n) is 5.52. The molecule has 0 aromatic rings. The van der Waals surface area contributed by atoms with E-state index in [-0.39, 0.29) is 0 Å². The van der Waals surface area contributed by atoms with E-state index in [1.54, 1.807) is 0 Å². The fourth-order valence-corrected chi connectivity index (χ4v) is 3.91. The maximum Gasteiger partial charge on any atom is -0.0386 e. The molecule has 1 saturated carbocycles. The average Bonchev–Trinajstić information content (AvgIpc) is 2.56. The first-order valence-electron chi connectivity index (χ1n) is 10.7. The van der Waals surface area contributed by atoms with Crippen molar-refractivity contribution in [2.45, 2.75) is 129 Å². The molecule has 0 spiro atoms. The lowest BCUT2D eigenvalue weighted by Crippen LogP contribution is -2.06. The van der Waals surface area contributed by atoms with Gasteiger partial charge in [-0.3, -0.25) is 0 Å². The molecule has 131 valence electrons. The number of unbranched alkanes of at least 4 members (excludes halogenated alkanes) is 13. The van der Waals surface area contributed by atoms with E-state index in [2.05, 4.69) is 13.3 Å². The maximum absolute atomic E-state index is 2.49. The molecule has 1 fully saturated rings. The van der Waals surface area contributed by atoms with Gasteiger partial charge in [0.2, 0.25) is 0 Å². The molecule has 0 heterocycles. The average molecular weight is 308 g/mol. The van der Waals surface area contributed by atoms with E-state index in [9.17, 15) is 0 Å². The Bertz CT molecular complexity index is 202. The zero-order chi connectivity index (χ0) is 15.7. The van der Waals surface area contributed by atoms with Crippen LogP contribution in [0.2, 0.25) is 0 Å². The lowest BCUT2D eigenvalue weighted by molar-refractivity contribution is 0.364. The molecule has 1 rings (SSSR count). The quantitative estimate of drug-likeness (QED) is 0.267. The van der Waals surface area contributed by atoms with Crippen molar-refractivity contribution < 1.29 is 0 Å². The molecule has 0 saturated heterocycles. The van der Waals surface area contributed by atoms with Gasteiger partial charge in [0, 0.05) is 0 Å². The fraction of sp³-hybridized carbons (Fsp3) is 0.955. The maximum atomic E-state index is 2.49. The van der Waals surface area contributed by atoms with E-state index in [0.717, 1.165) is 5.92 Å². The zero-order valence-corrected chi connectivity index (χ0v) is 15.6. The van der Waals surface area contributed by atoms with Gasteiger partial charge in [0.15, 0.2) is 0 Å². The highest BCUT2D eigenvalue weighted by Gasteiger charge is 2.12. The van der Waals surface area contributed by atoms with Crippen molar-refractivity contribution in [1.29, 1.82) is 0 Å². The molecule has 0 nitrogen and oxygen atoms in total. The van der Waals surface area contributed by atoms with Crippen LogP contribution in [0.4, 0.5) is 0 Å². The van der Waals surface area contributed by atoms with E-state index in [4.69, 9.17) is 0 Å². The summed E-state index contributed by atoms with van der Waals surface area (Å²) in [6.45, 7) is 2.30. The Kier molecular flexibility index (Phi) is 14.5. The lowest BCUT2D eigenvalue weighted by atomic mass is 9.85. The van der Waals surface area contributed by atoms with Crippen LogP contribution < -0.4 is 0 Å². The number of hydrogen-bond donors (Lipinski definition) is 0. The molecule has 0 unspecified atom stereocenters. The zero-order valence-electron chi connectivity index (χ0n) is 15.6. The van der Waals surface area contributed by atoms with Crippen molar-refractivity contribution in [3.05, 3.63) is 6.42 Å². The first-order valence-corrected chi connectivity index (χ1v) is 10.7. The summed E-state index contributed by atoms with van der Waals surface area (Å²) < 4.78 is 0. The second-order valence-electron chi connectivity index (χ2n) is 7.69. The van der Waals surface area contributed by atoms with Crippen LogP contribution in [-0.4, -0.2) is 0 Å². The van der Waals surface area contributed by atoms with Crippen molar-refractivity contribution in [3.8, 4) is 0 Å². The monoisotopic (exact) mass is 307 g/mol. The molecular weight excluding hydrogens is 264 g/mol. The Morgan fingerprint density at radius 2 is 1.00 bits per heavy atom.